The molecule has 0 spiro atoms. The van der Waals surface area contributed by atoms with Crippen LogP contribution in [0.15, 0.2) is 17.7 Å². The molecule has 0 aromatic heterocycles. The molecule has 6 nitrogen and oxygen atoms in total. The lowest BCUT2D eigenvalue weighted by Crippen LogP contribution is -2.06. The van der Waals surface area contributed by atoms with Gasteiger partial charge >= 0.3 is 5.97 Å². The number of carbonyl (C=O) groups excluding carboxylic acids is 1. The maximum absolute atomic E-state index is 11.1. The van der Waals surface area contributed by atoms with E-state index in [4.69, 9.17) is 20.0 Å². The van der Waals surface area contributed by atoms with Gasteiger partial charge in [-0.3, -0.25) is 4.79 Å². The van der Waals surface area contributed by atoms with Gasteiger partial charge in [0.1, 0.15) is 17.7 Å². The predicted molar refractivity (Wildman–Crippen MR) is 69.8 cm³/mol. The molecule has 102 valence electrons. The second kappa shape index (κ2) is 6.81. The van der Waals surface area contributed by atoms with E-state index < -0.39 is 5.97 Å². The maximum atomic E-state index is 11.1. The molecule has 6 heteroatoms. The molecular weight excluding hydrogens is 260 g/mol. The molecule has 0 fully saturated rings. The van der Waals surface area contributed by atoms with Crippen molar-refractivity contribution < 1.29 is 19.4 Å². The fourth-order valence-corrected chi connectivity index (χ4v) is 1.46. The number of benzene rings is 1. The highest BCUT2D eigenvalue weighted by Gasteiger charge is 2.17. The topological polar surface area (TPSA) is 103 Å². The average Bonchev–Trinajstić information content (AvgIpc) is 2.41. The van der Waals surface area contributed by atoms with Crippen LogP contribution in [0.25, 0.3) is 6.08 Å². The lowest BCUT2D eigenvalue weighted by Gasteiger charge is -2.13. The monoisotopic (exact) mass is 272 g/mol. The minimum Gasteiger partial charge on any atom is -0.504 e. The minimum atomic E-state index is -0.610. The molecule has 0 amide bonds. The Bertz CT molecular complexity index is 620. The van der Waals surface area contributed by atoms with Crippen molar-refractivity contribution in [3.8, 4) is 29.4 Å². The molecule has 0 aliphatic heterocycles. The normalized spacial score (nSPS) is 9.00. The molecule has 0 heterocycles. The minimum absolute atomic E-state index is 0.00770. The lowest BCUT2D eigenvalue weighted by molar-refractivity contribution is -0.132. The average molecular weight is 272 g/mol. The highest BCUT2D eigenvalue weighted by atomic mass is 16.6. The van der Waals surface area contributed by atoms with Crippen LogP contribution in [0.5, 0.6) is 17.2 Å². The first-order valence-electron chi connectivity index (χ1n) is 5.72. The second-order valence-corrected chi connectivity index (χ2v) is 3.64. The van der Waals surface area contributed by atoms with Crippen molar-refractivity contribution in [3.05, 3.63) is 23.3 Å². The van der Waals surface area contributed by atoms with Crippen LogP contribution >= 0.6 is 0 Å². The zero-order valence-electron chi connectivity index (χ0n) is 11.0. The summed E-state index contributed by atoms with van der Waals surface area (Å²) in [7, 11) is 0. The third-order valence-corrected chi connectivity index (χ3v) is 2.20. The summed E-state index contributed by atoms with van der Waals surface area (Å²) in [6.45, 7) is 3.15. The number of esters is 1. The highest BCUT2D eigenvalue weighted by Crippen LogP contribution is 2.40. The van der Waals surface area contributed by atoms with Crippen LogP contribution in [0.3, 0.4) is 0 Å². The summed E-state index contributed by atoms with van der Waals surface area (Å²) in [6, 6.07) is 6.16. The summed E-state index contributed by atoms with van der Waals surface area (Å²) in [6.07, 6.45) is 1.25. The van der Waals surface area contributed by atoms with Crippen LogP contribution < -0.4 is 9.47 Å². The zero-order valence-corrected chi connectivity index (χ0v) is 11.0. The van der Waals surface area contributed by atoms with Gasteiger partial charge in [0.25, 0.3) is 0 Å². The van der Waals surface area contributed by atoms with Crippen molar-refractivity contribution in [1.29, 1.82) is 10.5 Å². The molecule has 0 saturated heterocycles. The van der Waals surface area contributed by atoms with Crippen LogP contribution in [0.4, 0.5) is 0 Å². The van der Waals surface area contributed by atoms with Crippen LogP contribution in [-0.4, -0.2) is 17.7 Å². The number of nitrogens with zero attached hydrogens (tertiary/aromatic N) is 2. The van der Waals surface area contributed by atoms with Gasteiger partial charge in [0.15, 0.2) is 11.5 Å². The Morgan fingerprint density at radius 1 is 1.35 bits per heavy atom. The molecule has 1 rings (SSSR count). The number of carbonyl (C=O) groups is 1. The summed E-state index contributed by atoms with van der Waals surface area (Å²) >= 11 is 0. The van der Waals surface area contributed by atoms with E-state index in [2.05, 4.69) is 0 Å². The van der Waals surface area contributed by atoms with E-state index in [0.717, 1.165) is 0 Å². The second-order valence-electron chi connectivity index (χ2n) is 3.64. The third kappa shape index (κ3) is 3.50. The molecule has 1 aromatic rings. The van der Waals surface area contributed by atoms with Crippen molar-refractivity contribution in [2.24, 2.45) is 0 Å². The molecule has 0 aliphatic carbocycles. The first-order valence-corrected chi connectivity index (χ1v) is 5.72. The molecule has 0 unspecified atom stereocenters. The molecule has 0 aliphatic rings. The van der Waals surface area contributed by atoms with Gasteiger partial charge < -0.3 is 14.6 Å². The third-order valence-electron chi connectivity index (χ3n) is 2.20. The number of hydrogen-bond donors (Lipinski definition) is 1. The van der Waals surface area contributed by atoms with Gasteiger partial charge in [0.2, 0.25) is 5.75 Å². The standard InChI is InChI=1S/C14H12N2O4/c1-3-19-14-12(18)5-4-11(6-10(7-15)8-16)13(14)20-9(2)17/h4-6,18H,3H2,1-2H3. The Morgan fingerprint density at radius 3 is 2.50 bits per heavy atom. The Kier molecular flexibility index (Phi) is 5.13. The van der Waals surface area contributed by atoms with E-state index in [-0.39, 0.29) is 29.4 Å². The SMILES string of the molecule is CCOc1c(O)ccc(C=C(C#N)C#N)c1OC(C)=O. The van der Waals surface area contributed by atoms with Gasteiger partial charge in [-0.05, 0) is 25.1 Å². The molecule has 0 radical (unpaired) electrons. The van der Waals surface area contributed by atoms with E-state index in [0.29, 0.717) is 5.56 Å². The van der Waals surface area contributed by atoms with Gasteiger partial charge in [-0.25, -0.2) is 0 Å². The summed E-state index contributed by atoms with van der Waals surface area (Å²) in [5.74, 6) is -0.841. The summed E-state index contributed by atoms with van der Waals surface area (Å²) in [4.78, 5) is 11.1. The van der Waals surface area contributed by atoms with Gasteiger partial charge in [-0.1, -0.05) is 0 Å². The molecule has 1 aromatic carbocycles. The van der Waals surface area contributed by atoms with Crippen LogP contribution in [0.1, 0.15) is 19.4 Å². The predicted octanol–water partition coefficient (Wildman–Crippen LogP) is 2.15. The van der Waals surface area contributed by atoms with Gasteiger partial charge in [0.05, 0.1) is 6.61 Å². The number of allylic oxidation sites excluding steroid dienone is 1. The van der Waals surface area contributed by atoms with Crippen LogP contribution in [0.2, 0.25) is 0 Å². The van der Waals surface area contributed by atoms with Crippen molar-refractivity contribution in [2.45, 2.75) is 13.8 Å². The van der Waals surface area contributed by atoms with Crippen LogP contribution in [-0.2, 0) is 4.79 Å². The fraction of sp³-hybridized carbons (Fsp3) is 0.214. The van der Waals surface area contributed by atoms with Gasteiger partial charge in [-0.15, -0.1) is 0 Å². The summed E-state index contributed by atoms with van der Waals surface area (Å²) < 4.78 is 10.2. The van der Waals surface area contributed by atoms with E-state index in [1.165, 1.54) is 25.1 Å². The van der Waals surface area contributed by atoms with E-state index in [9.17, 15) is 9.90 Å². The molecule has 0 atom stereocenters. The molecule has 0 bridgehead atoms. The van der Waals surface area contributed by atoms with Crippen molar-refractivity contribution in [1.82, 2.24) is 0 Å². The first-order chi connectivity index (χ1) is 9.53. The Morgan fingerprint density at radius 2 is 2.00 bits per heavy atom. The van der Waals surface area contributed by atoms with E-state index in [1.54, 1.807) is 19.1 Å². The quantitative estimate of drug-likeness (QED) is 0.511. The maximum Gasteiger partial charge on any atom is 0.308 e. The number of phenolic OH excluding ortho intramolecular Hbond substituents is 1. The van der Waals surface area contributed by atoms with E-state index in [1.807, 2.05) is 0 Å². The Hall–Kier alpha value is -2.99. The van der Waals surface area contributed by atoms with E-state index >= 15 is 0 Å². The smallest absolute Gasteiger partial charge is 0.308 e. The number of phenols is 1. The van der Waals surface area contributed by atoms with Crippen LogP contribution in [0, 0.1) is 22.7 Å². The zero-order chi connectivity index (χ0) is 15.1. The number of aromatic hydroxyl groups is 1. The van der Waals surface area contributed by atoms with Gasteiger partial charge in [-0.2, -0.15) is 10.5 Å². The fourth-order valence-electron chi connectivity index (χ4n) is 1.46. The van der Waals surface area contributed by atoms with Crippen molar-refractivity contribution in [3.63, 3.8) is 0 Å². The molecule has 20 heavy (non-hydrogen) atoms. The largest absolute Gasteiger partial charge is 0.504 e. The molecular formula is C14H12N2O4. The van der Waals surface area contributed by atoms with Crippen molar-refractivity contribution in [2.75, 3.05) is 6.61 Å². The molecule has 0 saturated carbocycles. The van der Waals surface area contributed by atoms with Crippen molar-refractivity contribution >= 4 is 12.0 Å². The number of rotatable bonds is 4. The van der Waals surface area contributed by atoms with Gasteiger partial charge in [0, 0.05) is 12.5 Å². The Balaban J connectivity index is 3.48. The number of nitriles is 2. The number of ether oxygens (including phenoxy) is 2. The first kappa shape index (κ1) is 15.1. The number of hydrogen-bond acceptors (Lipinski definition) is 6. The highest BCUT2D eigenvalue weighted by molar-refractivity contribution is 5.77. The summed E-state index contributed by atoms with van der Waals surface area (Å²) in [5.41, 5.74) is 0.131. The Labute approximate surface area is 116 Å². The molecule has 1 N–H and O–H groups in total. The lowest BCUT2D eigenvalue weighted by atomic mass is 10.1. The summed E-state index contributed by atoms with van der Waals surface area (Å²) in [5, 5.41) is 27.3.